The molecule has 0 aromatic rings. The molecule has 0 aromatic carbocycles. The first-order valence-corrected chi connectivity index (χ1v) is 29.3. The van der Waals surface area contributed by atoms with Crippen LogP contribution in [-0.4, -0.2) is 164 Å². The van der Waals surface area contributed by atoms with E-state index in [0.717, 1.165) is 56.1 Å². The Morgan fingerprint density at radius 3 is 1.58 bits per heavy atom. The zero-order valence-corrected chi connectivity index (χ0v) is 47.1. The summed E-state index contributed by atoms with van der Waals surface area (Å²) in [7, 11) is 0. The third-order valence-corrected chi connectivity index (χ3v) is 23.1. The topological polar surface area (TPSA) is 295 Å². The highest BCUT2D eigenvalue weighted by atomic mass is 16.7. The Morgan fingerprint density at radius 2 is 1.11 bits per heavy atom. The number of aliphatic hydroxyl groups is 12. The van der Waals surface area contributed by atoms with Crippen LogP contribution >= 0.6 is 0 Å². The number of allylic oxidation sites excluding steroid dienone is 2. The summed E-state index contributed by atoms with van der Waals surface area (Å²) < 4.78 is 11.5. The molecule has 1 unspecified atom stereocenters. The molecule has 1 saturated heterocycles. The number of rotatable bonds is 14. The second-order valence-electron chi connectivity index (χ2n) is 28.3. The van der Waals surface area contributed by atoms with E-state index in [1.165, 1.54) is 0 Å². The Kier molecular flexibility index (Phi) is 17.1. The lowest BCUT2D eigenvalue weighted by Crippen LogP contribution is -2.60. The molecule has 12 N–H and O–H groups in total. The van der Waals surface area contributed by atoms with Gasteiger partial charge in [-0.3, -0.25) is 9.59 Å². The van der Waals surface area contributed by atoms with Crippen LogP contribution in [-0.2, 0) is 19.1 Å². The molecule has 6 saturated carbocycles. The first-order chi connectivity index (χ1) is 35.3. The van der Waals surface area contributed by atoms with Gasteiger partial charge in [0.1, 0.15) is 24.4 Å². The van der Waals surface area contributed by atoms with Crippen LogP contribution in [0.15, 0.2) is 23.3 Å². The largest absolute Gasteiger partial charge is 0.396 e. The first-order valence-electron chi connectivity index (χ1n) is 29.3. The normalized spacial score (nSPS) is 46.8. The maximum atomic E-state index is 13.4. The van der Waals surface area contributed by atoms with Crippen molar-refractivity contribution in [2.24, 2.45) is 69.0 Å². The summed E-state index contributed by atoms with van der Waals surface area (Å²) in [5.41, 5.74) is -3.76. The average Bonchev–Trinajstić information content (AvgIpc) is 3.80. The van der Waals surface area contributed by atoms with Crippen molar-refractivity contribution in [1.29, 1.82) is 0 Å². The SMILES string of the molecule is CC(C)(O)CC[C@@H](O)[C@@H](CO)C1CC[C@@]2(O)C3=CC(=O)[C@@H]4C[C@@H](O)CC[C@]4(C)[C@H]3CC[C@]12C.C[C@H]([C@H](O)CCC(C)(C)O[C@@H]1O[C@H](CO)[C@@H](O)[C@H](O)[C@H]1O)[C@H]1CC[C@@]2(O)C3=CC(=O)[C@@H]4C[C@@H](O)CC[C@]4(C)[C@H]3CC[C@]12C. The molecule has 7 fully saturated rings. The molecule has 0 radical (unpaired) electrons. The van der Waals surface area contributed by atoms with Gasteiger partial charge in [0.25, 0.3) is 0 Å². The Hall–Kier alpha value is -1.74. The Bertz CT molecular complexity index is 2170. The Labute approximate surface area is 451 Å². The summed E-state index contributed by atoms with van der Waals surface area (Å²) in [6, 6.07) is 0. The molecule has 1 heterocycles. The van der Waals surface area contributed by atoms with Gasteiger partial charge in [-0.15, -0.1) is 0 Å². The number of carbonyl (C=O) groups excluding carboxylic acids is 2. The van der Waals surface area contributed by atoms with Gasteiger partial charge in [-0.1, -0.05) is 34.6 Å². The van der Waals surface area contributed by atoms with Gasteiger partial charge in [0.05, 0.1) is 53.4 Å². The number of carbonyl (C=O) groups is 2. The number of aliphatic hydroxyl groups excluding tert-OH is 9. The molecular weight excluding hydrogens is 977 g/mol. The molecular formula is C60H98O16. The van der Waals surface area contributed by atoms with Gasteiger partial charge in [0.15, 0.2) is 17.9 Å². The molecule has 434 valence electrons. The van der Waals surface area contributed by atoms with Crippen molar-refractivity contribution >= 4 is 11.6 Å². The highest BCUT2D eigenvalue weighted by Crippen LogP contribution is 2.70. The molecule has 16 heteroatoms. The highest BCUT2D eigenvalue weighted by Gasteiger charge is 2.69. The monoisotopic (exact) mass is 1070 g/mol. The predicted octanol–water partition coefficient (Wildman–Crippen LogP) is 4.33. The number of hydrogen-bond acceptors (Lipinski definition) is 16. The van der Waals surface area contributed by atoms with E-state index in [2.05, 4.69) is 27.7 Å². The van der Waals surface area contributed by atoms with E-state index in [-0.39, 0.29) is 76.3 Å². The minimum Gasteiger partial charge on any atom is -0.396 e. The summed E-state index contributed by atoms with van der Waals surface area (Å²) in [6.45, 7) is 16.9. The quantitative estimate of drug-likeness (QED) is 0.115. The van der Waals surface area contributed by atoms with Crippen LogP contribution in [0, 0.1) is 69.0 Å². The highest BCUT2D eigenvalue weighted by molar-refractivity contribution is 5.95. The van der Waals surface area contributed by atoms with Crippen molar-refractivity contribution in [1.82, 2.24) is 0 Å². The summed E-state index contributed by atoms with van der Waals surface area (Å²) in [4.78, 5) is 26.6. The Balaban J connectivity index is 0.000000209. The van der Waals surface area contributed by atoms with Crippen LogP contribution in [0.4, 0.5) is 0 Å². The minimum absolute atomic E-state index is 0.0309. The smallest absolute Gasteiger partial charge is 0.187 e. The van der Waals surface area contributed by atoms with E-state index in [9.17, 15) is 70.9 Å². The average molecular weight is 1080 g/mol. The summed E-state index contributed by atoms with van der Waals surface area (Å²) >= 11 is 0. The number of ether oxygens (including phenoxy) is 2. The van der Waals surface area contributed by atoms with Crippen molar-refractivity contribution < 1.29 is 80.3 Å². The molecule has 23 atom stereocenters. The Morgan fingerprint density at radius 1 is 0.632 bits per heavy atom. The molecule has 0 aromatic heterocycles. The molecule has 76 heavy (non-hydrogen) atoms. The predicted molar refractivity (Wildman–Crippen MR) is 282 cm³/mol. The zero-order valence-electron chi connectivity index (χ0n) is 47.1. The van der Waals surface area contributed by atoms with Crippen LogP contribution < -0.4 is 0 Å². The molecule has 0 bridgehead atoms. The van der Waals surface area contributed by atoms with E-state index >= 15 is 0 Å². The maximum absolute atomic E-state index is 13.4. The van der Waals surface area contributed by atoms with Crippen molar-refractivity contribution in [2.75, 3.05) is 13.2 Å². The van der Waals surface area contributed by atoms with Gasteiger partial charge in [0, 0.05) is 35.2 Å². The van der Waals surface area contributed by atoms with Crippen LogP contribution in [0.2, 0.25) is 0 Å². The number of ketones is 2. The van der Waals surface area contributed by atoms with Crippen LogP contribution in [0.25, 0.3) is 0 Å². The molecule has 0 spiro atoms. The lowest BCUT2D eigenvalue weighted by atomic mass is 9.46. The fourth-order valence-corrected chi connectivity index (χ4v) is 18.0. The first kappa shape index (κ1) is 60.4. The molecule has 0 amide bonds. The third kappa shape index (κ3) is 10.2. The lowest BCUT2D eigenvalue weighted by Gasteiger charge is -2.60. The fourth-order valence-electron chi connectivity index (χ4n) is 18.0. The van der Waals surface area contributed by atoms with Crippen LogP contribution in [0.1, 0.15) is 178 Å². The lowest BCUT2D eigenvalue weighted by molar-refractivity contribution is -0.324. The van der Waals surface area contributed by atoms with Crippen molar-refractivity contribution in [3.8, 4) is 0 Å². The van der Waals surface area contributed by atoms with Crippen LogP contribution in [0.5, 0.6) is 0 Å². The second kappa shape index (κ2) is 21.5. The standard InChI is InChI=1S/C33H54O10.C27H44O6/c1-17(23(36)9-10-30(2,3)43-29-28(40)27(39)26(38)25(16-34)42-29)19-8-13-33(41)21-15-24(37)22-14-18(35)6-11-31(22,4)20(21)7-12-32(19,33)5;1-24(2,32)9-8-22(30)17(15-28)18-7-12-27(33)20-14-23(31)21-13-16(29)5-10-25(21,3)19(20)6-11-26(18,27)4/h15,17-20,22-23,25-29,34-36,38-41H,6-14,16H2,1-5H3;14,16-19,21-22,28-30,32-33H,5-13,15H2,1-4H3/t17-,18-,19+,20-,22-,23+,25+,26+,27-,28+,29-,31+,32+,33+;16-,17-,18?,19-,21-,22+,25+,26+,27+/m00/s1. The van der Waals surface area contributed by atoms with Gasteiger partial charge in [-0.05, 0) is 207 Å². The molecule has 9 aliphatic rings. The third-order valence-electron chi connectivity index (χ3n) is 23.1. The maximum Gasteiger partial charge on any atom is 0.187 e. The summed E-state index contributed by atoms with van der Waals surface area (Å²) in [6.07, 6.45) is 5.73. The number of hydrogen-bond donors (Lipinski definition) is 12. The van der Waals surface area contributed by atoms with Gasteiger partial charge >= 0.3 is 0 Å². The van der Waals surface area contributed by atoms with Gasteiger partial charge in [-0.25, -0.2) is 0 Å². The van der Waals surface area contributed by atoms with Crippen molar-refractivity contribution in [3.63, 3.8) is 0 Å². The van der Waals surface area contributed by atoms with E-state index in [1.54, 1.807) is 39.8 Å². The molecule has 1 aliphatic heterocycles. The van der Waals surface area contributed by atoms with E-state index in [4.69, 9.17) is 9.47 Å². The minimum atomic E-state index is -1.53. The van der Waals surface area contributed by atoms with Crippen LogP contribution in [0.3, 0.4) is 0 Å². The second-order valence-corrected chi connectivity index (χ2v) is 28.3. The zero-order chi connectivity index (χ0) is 56.1. The van der Waals surface area contributed by atoms with Gasteiger partial charge in [0.2, 0.25) is 0 Å². The van der Waals surface area contributed by atoms with Crippen molar-refractivity contribution in [2.45, 2.75) is 255 Å². The fraction of sp³-hybridized carbons (Fsp3) is 0.900. The summed E-state index contributed by atoms with van der Waals surface area (Å²) in [5, 5.41) is 128. The van der Waals surface area contributed by atoms with E-state index in [1.807, 2.05) is 6.92 Å². The molecule has 16 nitrogen and oxygen atoms in total. The van der Waals surface area contributed by atoms with E-state index < -0.39 is 95.0 Å². The van der Waals surface area contributed by atoms with Crippen molar-refractivity contribution in [3.05, 3.63) is 23.3 Å². The van der Waals surface area contributed by atoms with Gasteiger partial charge < -0.3 is 70.8 Å². The van der Waals surface area contributed by atoms with E-state index in [0.29, 0.717) is 70.6 Å². The molecule has 8 aliphatic carbocycles. The summed E-state index contributed by atoms with van der Waals surface area (Å²) in [5.74, 6) is -0.632. The molecule has 9 rings (SSSR count). The van der Waals surface area contributed by atoms with Gasteiger partial charge in [-0.2, -0.15) is 0 Å². The number of fused-ring (bicyclic) bond motifs is 10.